The van der Waals surface area contributed by atoms with Crippen LogP contribution >= 0.6 is 22.6 Å². The largest absolute Gasteiger partial charge is 0.435 e. The summed E-state index contributed by atoms with van der Waals surface area (Å²) in [6.07, 6.45) is 1.03. The van der Waals surface area contributed by atoms with Crippen molar-refractivity contribution in [3.8, 4) is 0 Å². The summed E-state index contributed by atoms with van der Waals surface area (Å²) in [7, 11) is 2.10. The van der Waals surface area contributed by atoms with Gasteiger partial charge < -0.3 is 4.42 Å². The minimum atomic E-state index is 0.767. The van der Waals surface area contributed by atoms with Gasteiger partial charge in [0, 0.05) is 35.6 Å². The summed E-state index contributed by atoms with van der Waals surface area (Å²) in [5.74, 6) is 1.04. The Morgan fingerprint density at radius 3 is 3.27 bits per heavy atom. The molecule has 0 saturated carbocycles. The second-order valence-corrected chi connectivity index (χ2v) is 3.75. The summed E-state index contributed by atoms with van der Waals surface area (Å²) in [5.41, 5.74) is 1.15. The second kappa shape index (κ2) is 2.75. The van der Waals surface area contributed by atoms with E-state index in [9.17, 15) is 0 Å². The maximum Gasteiger partial charge on any atom is 0.257 e. The fourth-order valence-corrected chi connectivity index (χ4v) is 1.85. The third-order valence-corrected chi connectivity index (χ3v) is 2.36. The molecule has 0 bridgehead atoms. The van der Waals surface area contributed by atoms with Crippen LogP contribution in [0.25, 0.3) is 0 Å². The molecule has 4 heteroatoms. The Balaban J connectivity index is 2.34. The predicted octanol–water partition coefficient (Wildman–Crippen LogP) is 1.27. The molecule has 1 aromatic heterocycles. The van der Waals surface area contributed by atoms with Crippen molar-refractivity contribution in [2.75, 3.05) is 13.6 Å². The van der Waals surface area contributed by atoms with Gasteiger partial charge in [0.1, 0.15) is 5.76 Å². The smallest absolute Gasteiger partial charge is 0.257 e. The van der Waals surface area contributed by atoms with E-state index in [4.69, 9.17) is 4.42 Å². The standard InChI is InChI=1S/C7H9IN2O/c1-10-3-2-5-6(4-10)11-7(8)9-5/h2-4H2,1H3. The Morgan fingerprint density at radius 2 is 2.45 bits per heavy atom. The van der Waals surface area contributed by atoms with Crippen LogP contribution in [0.15, 0.2) is 4.42 Å². The first-order chi connectivity index (χ1) is 5.25. The van der Waals surface area contributed by atoms with Crippen molar-refractivity contribution >= 4 is 22.6 Å². The van der Waals surface area contributed by atoms with Crippen LogP contribution in [-0.4, -0.2) is 23.5 Å². The Morgan fingerprint density at radius 1 is 1.64 bits per heavy atom. The summed E-state index contributed by atoms with van der Waals surface area (Å²) < 4.78 is 6.18. The SMILES string of the molecule is CN1CCc2nc(I)oc2C1. The van der Waals surface area contributed by atoms with Crippen molar-refractivity contribution in [1.82, 2.24) is 9.88 Å². The van der Waals surface area contributed by atoms with Crippen LogP contribution in [-0.2, 0) is 13.0 Å². The van der Waals surface area contributed by atoms with Crippen LogP contribution in [0.1, 0.15) is 11.5 Å². The van der Waals surface area contributed by atoms with Crippen LogP contribution in [0.4, 0.5) is 0 Å². The first-order valence-electron chi connectivity index (χ1n) is 3.58. The molecule has 0 unspecified atom stereocenters. The number of likely N-dealkylation sites (N-methyl/N-ethyl adjacent to an activating group) is 1. The third kappa shape index (κ3) is 1.41. The van der Waals surface area contributed by atoms with Crippen molar-refractivity contribution in [2.24, 2.45) is 0 Å². The molecule has 0 saturated heterocycles. The molecule has 1 aromatic rings. The second-order valence-electron chi connectivity index (χ2n) is 2.82. The highest BCUT2D eigenvalue weighted by atomic mass is 127. The molecule has 3 nitrogen and oxygen atoms in total. The Bertz CT molecular complexity index is 271. The highest BCUT2D eigenvalue weighted by molar-refractivity contribution is 14.1. The summed E-state index contributed by atoms with van der Waals surface area (Å²) in [4.78, 5) is 6.52. The van der Waals surface area contributed by atoms with Gasteiger partial charge in [-0.15, -0.1) is 0 Å². The lowest BCUT2D eigenvalue weighted by Gasteiger charge is -2.19. The van der Waals surface area contributed by atoms with E-state index in [1.54, 1.807) is 0 Å². The minimum Gasteiger partial charge on any atom is -0.435 e. The fourth-order valence-electron chi connectivity index (χ4n) is 1.29. The highest BCUT2D eigenvalue weighted by Crippen LogP contribution is 2.19. The van der Waals surface area contributed by atoms with Gasteiger partial charge in [-0.05, 0) is 7.05 Å². The molecule has 0 radical (unpaired) electrons. The molecule has 1 aliphatic rings. The number of hydrogen-bond acceptors (Lipinski definition) is 3. The quantitative estimate of drug-likeness (QED) is 0.661. The molecule has 0 aromatic carbocycles. The van der Waals surface area contributed by atoms with Gasteiger partial charge in [0.2, 0.25) is 0 Å². The van der Waals surface area contributed by atoms with Gasteiger partial charge in [0.05, 0.1) is 12.2 Å². The number of oxazole rings is 1. The topological polar surface area (TPSA) is 29.3 Å². The van der Waals surface area contributed by atoms with Gasteiger partial charge in [0.15, 0.2) is 0 Å². The molecule has 11 heavy (non-hydrogen) atoms. The van der Waals surface area contributed by atoms with Crippen molar-refractivity contribution in [3.05, 3.63) is 15.4 Å². The van der Waals surface area contributed by atoms with Gasteiger partial charge in [-0.25, -0.2) is 4.98 Å². The lowest BCUT2D eigenvalue weighted by atomic mass is 10.2. The third-order valence-electron chi connectivity index (χ3n) is 1.90. The van der Waals surface area contributed by atoms with Gasteiger partial charge in [-0.1, -0.05) is 0 Å². The number of nitrogens with zero attached hydrogens (tertiary/aromatic N) is 2. The van der Waals surface area contributed by atoms with Crippen molar-refractivity contribution in [2.45, 2.75) is 13.0 Å². The number of hydrogen-bond donors (Lipinski definition) is 0. The van der Waals surface area contributed by atoms with Gasteiger partial charge in [0.25, 0.3) is 3.90 Å². The van der Waals surface area contributed by atoms with E-state index in [2.05, 4.69) is 39.5 Å². The average Bonchev–Trinajstić information content (AvgIpc) is 2.27. The molecule has 0 atom stereocenters. The van der Waals surface area contributed by atoms with Gasteiger partial charge >= 0.3 is 0 Å². The first kappa shape index (κ1) is 7.54. The molecular weight excluding hydrogens is 255 g/mol. The summed E-state index contributed by atoms with van der Waals surface area (Å²) in [6.45, 7) is 2.00. The Labute approximate surface area is 78.9 Å². The van der Waals surface area contributed by atoms with Crippen LogP contribution in [0.5, 0.6) is 0 Å². The predicted molar refractivity (Wildman–Crippen MR) is 49.3 cm³/mol. The van der Waals surface area contributed by atoms with E-state index >= 15 is 0 Å². The van der Waals surface area contributed by atoms with E-state index in [-0.39, 0.29) is 0 Å². The normalized spacial score (nSPS) is 18.4. The molecule has 1 aliphatic heterocycles. The van der Waals surface area contributed by atoms with Gasteiger partial charge in [-0.3, -0.25) is 4.90 Å². The molecule has 0 aliphatic carbocycles. The molecule has 0 amide bonds. The Hall–Kier alpha value is -0.100. The molecule has 0 fully saturated rings. The molecule has 2 heterocycles. The zero-order valence-electron chi connectivity index (χ0n) is 6.30. The van der Waals surface area contributed by atoms with E-state index in [0.717, 1.165) is 34.9 Å². The van der Waals surface area contributed by atoms with E-state index < -0.39 is 0 Å². The fraction of sp³-hybridized carbons (Fsp3) is 0.571. The number of halogens is 1. The van der Waals surface area contributed by atoms with Crippen molar-refractivity contribution < 1.29 is 4.42 Å². The van der Waals surface area contributed by atoms with E-state index in [1.165, 1.54) is 0 Å². The van der Waals surface area contributed by atoms with E-state index in [1.807, 2.05) is 0 Å². The van der Waals surface area contributed by atoms with Crippen molar-refractivity contribution in [3.63, 3.8) is 0 Å². The summed E-state index contributed by atoms with van der Waals surface area (Å²) >= 11 is 2.11. The molecule has 60 valence electrons. The van der Waals surface area contributed by atoms with Crippen LogP contribution in [0.3, 0.4) is 0 Å². The number of aromatic nitrogens is 1. The lowest BCUT2D eigenvalue weighted by molar-refractivity contribution is 0.274. The summed E-state index contributed by atoms with van der Waals surface area (Å²) in [6, 6.07) is 0. The molecule has 2 rings (SSSR count). The number of rotatable bonds is 0. The molecular formula is C7H9IN2O. The lowest BCUT2D eigenvalue weighted by Crippen LogP contribution is -2.25. The zero-order chi connectivity index (χ0) is 7.84. The monoisotopic (exact) mass is 264 g/mol. The van der Waals surface area contributed by atoms with Crippen LogP contribution in [0.2, 0.25) is 0 Å². The average molecular weight is 264 g/mol. The van der Waals surface area contributed by atoms with Gasteiger partial charge in [-0.2, -0.15) is 0 Å². The maximum atomic E-state index is 5.41. The highest BCUT2D eigenvalue weighted by Gasteiger charge is 2.18. The van der Waals surface area contributed by atoms with Crippen molar-refractivity contribution in [1.29, 1.82) is 0 Å². The number of fused-ring (bicyclic) bond motifs is 1. The molecule has 0 spiro atoms. The van der Waals surface area contributed by atoms with Crippen LogP contribution < -0.4 is 0 Å². The maximum absolute atomic E-state index is 5.41. The molecule has 0 N–H and O–H groups in total. The van der Waals surface area contributed by atoms with E-state index in [0.29, 0.717) is 0 Å². The minimum absolute atomic E-state index is 0.767. The van der Waals surface area contributed by atoms with Crippen LogP contribution in [0, 0.1) is 3.90 Å². The Kier molecular flexibility index (Phi) is 1.88. The first-order valence-corrected chi connectivity index (χ1v) is 4.66. The zero-order valence-corrected chi connectivity index (χ0v) is 8.46. The summed E-state index contributed by atoms with van der Waals surface area (Å²) in [5, 5.41) is 0.